The highest BCUT2D eigenvalue weighted by molar-refractivity contribution is 14.0. The number of nitrogens with zero attached hydrogens (tertiary/aromatic N) is 1. The Kier molecular flexibility index (Phi) is 9.83. The second-order valence-electron chi connectivity index (χ2n) is 5.18. The Labute approximate surface area is 166 Å². The number of ether oxygens (including phenoxy) is 2. The molecule has 1 aromatic carbocycles. The average molecular weight is 459 g/mol. The van der Waals surface area contributed by atoms with Gasteiger partial charge in [0, 0.05) is 31.3 Å². The summed E-state index contributed by atoms with van der Waals surface area (Å²) >= 11 is 0. The van der Waals surface area contributed by atoms with Crippen LogP contribution in [-0.4, -0.2) is 33.3 Å². The molecule has 0 saturated carbocycles. The predicted molar refractivity (Wildman–Crippen MR) is 112 cm³/mol. The van der Waals surface area contributed by atoms with Gasteiger partial charge in [-0.25, -0.2) is 0 Å². The van der Waals surface area contributed by atoms with Gasteiger partial charge in [-0.15, -0.1) is 24.0 Å². The molecule has 2 N–H and O–H groups in total. The molecule has 6 nitrogen and oxygen atoms in total. The van der Waals surface area contributed by atoms with E-state index in [1.807, 2.05) is 30.3 Å². The molecule has 1 heterocycles. The third-order valence-electron chi connectivity index (χ3n) is 3.38. The number of nitrogens with one attached hydrogen (secondary N) is 2. The van der Waals surface area contributed by atoms with E-state index in [2.05, 4.69) is 22.5 Å². The van der Waals surface area contributed by atoms with Gasteiger partial charge >= 0.3 is 0 Å². The number of anilines is 1. The van der Waals surface area contributed by atoms with Crippen LogP contribution in [0, 0.1) is 0 Å². The first-order valence-corrected chi connectivity index (χ1v) is 8.06. The van der Waals surface area contributed by atoms with Gasteiger partial charge in [0.1, 0.15) is 5.76 Å². The van der Waals surface area contributed by atoms with Crippen LogP contribution in [0.5, 0.6) is 11.5 Å². The molecule has 2 rings (SSSR count). The minimum Gasteiger partial charge on any atom is -0.493 e. The minimum atomic E-state index is 0. The van der Waals surface area contributed by atoms with Crippen molar-refractivity contribution >= 4 is 35.6 Å². The molecule has 0 atom stereocenters. The quantitative estimate of drug-likeness (QED) is 0.356. The molecule has 1 aromatic heterocycles. The number of rotatable bonds is 8. The zero-order valence-corrected chi connectivity index (χ0v) is 17.2. The molecule has 0 bridgehead atoms. The molecule has 0 aliphatic heterocycles. The molecule has 0 aliphatic rings. The van der Waals surface area contributed by atoms with E-state index in [1.54, 1.807) is 20.5 Å². The monoisotopic (exact) mass is 459 g/mol. The molecule has 2 aromatic rings. The highest BCUT2D eigenvalue weighted by Crippen LogP contribution is 2.29. The number of guanidine groups is 1. The van der Waals surface area contributed by atoms with Crippen molar-refractivity contribution in [3.63, 3.8) is 0 Å². The first-order chi connectivity index (χ1) is 11.8. The largest absolute Gasteiger partial charge is 0.493 e. The molecule has 0 unspecified atom stereocenters. The van der Waals surface area contributed by atoms with Gasteiger partial charge in [-0.05, 0) is 30.7 Å². The van der Waals surface area contributed by atoms with Crippen LogP contribution < -0.4 is 20.1 Å². The standard InChI is InChI=1S/C18H25N3O3.HI/c1-4-10-19-18(20-11-9-15-6-5-12-24-15)21-14-7-8-16(22-2)17(13-14)23-3;/h5-8,12-13H,4,9-11H2,1-3H3,(H2,19,20,21);1H. The lowest BCUT2D eigenvalue weighted by molar-refractivity contribution is 0.355. The van der Waals surface area contributed by atoms with Gasteiger partial charge in [0.2, 0.25) is 0 Å². The van der Waals surface area contributed by atoms with Crippen LogP contribution in [0.3, 0.4) is 0 Å². The molecule has 138 valence electrons. The maximum atomic E-state index is 5.34. The summed E-state index contributed by atoms with van der Waals surface area (Å²) in [6.45, 7) is 3.58. The van der Waals surface area contributed by atoms with Crippen LogP contribution in [0.4, 0.5) is 5.69 Å². The summed E-state index contributed by atoms with van der Waals surface area (Å²) in [6, 6.07) is 9.53. The van der Waals surface area contributed by atoms with Gasteiger partial charge in [0.25, 0.3) is 0 Å². The fraction of sp³-hybridized carbons (Fsp3) is 0.389. The van der Waals surface area contributed by atoms with E-state index >= 15 is 0 Å². The molecular weight excluding hydrogens is 433 g/mol. The summed E-state index contributed by atoms with van der Waals surface area (Å²) in [5.41, 5.74) is 0.882. The van der Waals surface area contributed by atoms with Crippen molar-refractivity contribution in [2.75, 3.05) is 32.6 Å². The van der Waals surface area contributed by atoms with E-state index in [-0.39, 0.29) is 24.0 Å². The average Bonchev–Trinajstić information content (AvgIpc) is 3.12. The van der Waals surface area contributed by atoms with Gasteiger partial charge in [-0.1, -0.05) is 6.92 Å². The lowest BCUT2D eigenvalue weighted by atomic mass is 10.2. The van der Waals surface area contributed by atoms with Crippen molar-refractivity contribution in [3.8, 4) is 11.5 Å². The molecule has 0 fully saturated rings. The van der Waals surface area contributed by atoms with Crippen molar-refractivity contribution in [2.24, 2.45) is 4.99 Å². The van der Waals surface area contributed by atoms with E-state index in [4.69, 9.17) is 13.9 Å². The second-order valence-corrected chi connectivity index (χ2v) is 5.18. The van der Waals surface area contributed by atoms with E-state index in [1.165, 1.54) is 0 Å². The first kappa shape index (κ1) is 21.1. The summed E-state index contributed by atoms with van der Waals surface area (Å²) in [6.07, 6.45) is 3.46. The third kappa shape index (κ3) is 6.85. The second kappa shape index (κ2) is 11.6. The minimum absolute atomic E-state index is 0. The zero-order chi connectivity index (χ0) is 17.2. The maximum Gasteiger partial charge on any atom is 0.195 e. The molecule has 25 heavy (non-hydrogen) atoms. The lowest BCUT2D eigenvalue weighted by Gasteiger charge is -2.14. The Hall–Kier alpha value is -1.90. The number of aliphatic imine (C=N–C) groups is 1. The third-order valence-corrected chi connectivity index (χ3v) is 3.38. The lowest BCUT2D eigenvalue weighted by Crippen LogP contribution is -2.32. The Morgan fingerprint density at radius 3 is 2.60 bits per heavy atom. The SMILES string of the molecule is CCCN=C(NCCc1ccco1)Nc1ccc(OC)c(OC)c1.I. The number of methoxy groups -OCH3 is 2. The maximum absolute atomic E-state index is 5.34. The topological polar surface area (TPSA) is 68.0 Å². The number of halogens is 1. The van der Waals surface area contributed by atoms with Crippen molar-refractivity contribution in [1.29, 1.82) is 0 Å². The summed E-state index contributed by atoms with van der Waals surface area (Å²) < 4.78 is 15.9. The Morgan fingerprint density at radius 2 is 1.96 bits per heavy atom. The van der Waals surface area contributed by atoms with Crippen molar-refractivity contribution in [3.05, 3.63) is 42.4 Å². The van der Waals surface area contributed by atoms with Gasteiger partial charge in [-0.2, -0.15) is 0 Å². The van der Waals surface area contributed by atoms with Crippen molar-refractivity contribution in [2.45, 2.75) is 19.8 Å². The summed E-state index contributed by atoms with van der Waals surface area (Å²) in [5, 5.41) is 6.61. The smallest absolute Gasteiger partial charge is 0.195 e. The normalized spacial score (nSPS) is 10.8. The van der Waals surface area contributed by atoms with Crippen LogP contribution in [0.1, 0.15) is 19.1 Å². The fourth-order valence-electron chi connectivity index (χ4n) is 2.17. The number of hydrogen-bond donors (Lipinski definition) is 2. The molecular formula is C18H26IN3O3. The van der Waals surface area contributed by atoms with Gasteiger partial charge in [0.15, 0.2) is 17.5 Å². The molecule has 0 spiro atoms. The first-order valence-electron chi connectivity index (χ1n) is 8.06. The summed E-state index contributed by atoms with van der Waals surface area (Å²) in [4.78, 5) is 4.55. The molecule has 0 radical (unpaired) electrons. The van der Waals surface area contributed by atoms with E-state index < -0.39 is 0 Å². The Morgan fingerprint density at radius 1 is 1.16 bits per heavy atom. The van der Waals surface area contributed by atoms with Gasteiger partial charge < -0.3 is 24.5 Å². The molecule has 0 saturated heterocycles. The number of benzene rings is 1. The van der Waals surface area contributed by atoms with Crippen LogP contribution in [0.15, 0.2) is 46.0 Å². The highest BCUT2D eigenvalue weighted by atomic mass is 127. The zero-order valence-electron chi connectivity index (χ0n) is 14.9. The van der Waals surface area contributed by atoms with Crippen molar-refractivity contribution < 1.29 is 13.9 Å². The Balaban J connectivity index is 0.00000312. The predicted octanol–water partition coefficient (Wildman–Crippen LogP) is 3.93. The highest BCUT2D eigenvalue weighted by Gasteiger charge is 2.06. The van der Waals surface area contributed by atoms with E-state index in [0.717, 1.165) is 43.3 Å². The molecule has 0 amide bonds. The van der Waals surface area contributed by atoms with Crippen LogP contribution in [0.25, 0.3) is 0 Å². The van der Waals surface area contributed by atoms with E-state index in [0.29, 0.717) is 11.5 Å². The molecule has 7 heteroatoms. The molecule has 0 aliphatic carbocycles. The summed E-state index contributed by atoms with van der Waals surface area (Å²) in [7, 11) is 3.24. The van der Waals surface area contributed by atoms with Crippen LogP contribution in [0.2, 0.25) is 0 Å². The van der Waals surface area contributed by atoms with E-state index in [9.17, 15) is 0 Å². The van der Waals surface area contributed by atoms with Gasteiger partial charge in [0.05, 0.1) is 20.5 Å². The van der Waals surface area contributed by atoms with Crippen LogP contribution in [-0.2, 0) is 6.42 Å². The van der Waals surface area contributed by atoms with Crippen LogP contribution >= 0.6 is 24.0 Å². The fourth-order valence-corrected chi connectivity index (χ4v) is 2.17. The number of hydrogen-bond acceptors (Lipinski definition) is 4. The Bertz CT molecular complexity index is 645. The van der Waals surface area contributed by atoms with Gasteiger partial charge in [-0.3, -0.25) is 4.99 Å². The van der Waals surface area contributed by atoms with Crippen molar-refractivity contribution in [1.82, 2.24) is 5.32 Å². The summed E-state index contributed by atoms with van der Waals surface area (Å²) in [5.74, 6) is 3.05. The number of furan rings is 1.